The molecule has 162 valence electrons. The smallest absolute Gasteiger partial charge is 0.156 e. The molecule has 0 aliphatic rings. The molecule has 6 rings (SSSR count). The molecule has 0 aliphatic heterocycles. The number of furan rings is 1. The maximum absolute atomic E-state index is 10.1. The van der Waals surface area contributed by atoms with Crippen LogP contribution in [0.1, 0.15) is 11.4 Å². The highest BCUT2D eigenvalue weighted by Crippen LogP contribution is 2.32. The van der Waals surface area contributed by atoms with Crippen molar-refractivity contribution in [1.82, 2.24) is 19.3 Å². The van der Waals surface area contributed by atoms with Crippen molar-refractivity contribution < 1.29 is 4.42 Å². The van der Waals surface area contributed by atoms with Gasteiger partial charge in [0.05, 0.1) is 22.3 Å². The van der Waals surface area contributed by atoms with Crippen LogP contribution in [0.25, 0.3) is 50.8 Å². The normalized spacial score (nSPS) is 11.8. The first kappa shape index (κ1) is 19.8. The summed E-state index contributed by atoms with van der Waals surface area (Å²) in [5, 5.41) is 15.9. The van der Waals surface area contributed by atoms with Crippen LogP contribution in [0.2, 0.25) is 0 Å². The highest BCUT2D eigenvalue weighted by molar-refractivity contribution is 5.93. The fraction of sp³-hybridized carbons (Fsp3) is 0.0357. The molecule has 0 atom stereocenters. The van der Waals surface area contributed by atoms with Crippen LogP contribution in [-0.4, -0.2) is 19.3 Å². The van der Waals surface area contributed by atoms with E-state index in [4.69, 9.17) is 14.5 Å². The number of imidazole rings is 1. The van der Waals surface area contributed by atoms with Crippen molar-refractivity contribution in [3.05, 3.63) is 103 Å². The summed E-state index contributed by atoms with van der Waals surface area (Å²) in [7, 11) is 1.92. The van der Waals surface area contributed by atoms with Crippen molar-refractivity contribution in [3.63, 3.8) is 0 Å². The number of nitrogens with zero attached hydrogens (tertiary/aromatic N) is 5. The lowest BCUT2D eigenvalue weighted by molar-refractivity contribution is 0.627. The average molecular weight is 441 g/mol. The van der Waals surface area contributed by atoms with Gasteiger partial charge in [-0.25, -0.2) is 9.67 Å². The van der Waals surface area contributed by atoms with Crippen LogP contribution >= 0.6 is 0 Å². The first-order chi connectivity index (χ1) is 16.7. The number of hydrogen-bond donors (Lipinski definition) is 0. The minimum Gasteiger partial charge on any atom is -0.454 e. The largest absolute Gasteiger partial charge is 0.454 e. The lowest BCUT2D eigenvalue weighted by Gasteiger charge is -2.01. The van der Waals surface area contributed by atoms with Crippen molar-refractivity contribution >= 4 is 33.7 Å². The Kier molecular flexibility index (Phi) is 4.60. The molecule has 3 heterocycles. The number of benzene rings is 3. The maximum Gasteiger partial charge on any atom is 0.156 e. The third kappa shape index (κ3) is 3.28. The molecule has 6 nitrogen and oxygen atoms in total. The van der Waals surface area contributed by atoms with E-state index in [9.17, 15) is 5.26 Å². The van der Waals surface area contributed by atoms with Crippen LogP contribution in [0.15, 0.2) is 95.5 Å². The second kappa shape index (κ2) is 7.91. The van der Waals surface area contributed by atoms with Gasteiger partial charge in [0.1, 0.15) is 17.3 Å². The van der Waals surface area contributed by atoms with E-state index in [-0.39, 0.29) is 0 Å². The van der Waals surface area contributed by atoms with E-state index in [1.54, 1.807) is 4.68 Å². The summed E-state index contributed by atoms with van der Waals surface area (Å²) in [6, 6.07) is 29.9. The van der Waals surface area contributed by atoms with Gasteiger partial charge in [0.25, 0.3) is 0 Å². The van der Waals surface area contributed by atoms with Crippen LogP contribution in [0.4, 0.5) is 0 Å². The number of hydrogen-bond acceptors (Lipinski definition) is 4. The number of rotatable bonds is 4. The van der Waals surface area contributed by atoms with Crippen molar-refractivity contribution in [2.24, 2.45) is 7.05 Å². The number of aromatic nitrogens is 4. The quantitative estimate of drug-likeness (QED) is 0.304. The molecule has 34 heavy (non-hydrogen) atoms. The predicted molar refractivity (Wildman–Crippen MR) is 133 cm³/mol. The molecule has 0 aliphatic carbocycles. The molecule has 0 saturated carbocycles. The van der Waals surface area contributed by atoms with Crippen LogP contribution in [0.5, 0.6) is 0 Å². The van der Waals surface area contributed by atoms with E-state index >= 15 is 0 Å². The predicted octanol–water partition coefficient (Wildman–Crippen LogP) is 6.24. The molecule has 3 aromatic carbocycles. The van der Waals surface area contributed by atoms with Gasteiger partial charge in [-0.2, -0.15) is 10.4 Å². The molecule has 0 radical (unpaired) electrons. The molecule has 0 unspecified atom stereocenters. The molecule has 0 fully saturated rings. The summed E-state index contributed by atoms with van der Waals surface area (Å²) in [6.07, 6.45) is 3.74. The Morgan fingerprint density at radius 1 is 0.971 bits per heavy atom. The van der Waals surface area contributed by atoms with Gasteiger partial charge in [0, 0.05) is 24.2 Å². The van der Waals surface area contributed by atoms with E-state index in [0.29, 0.717) is 22.9 Å². The molecule has 6 aromatic rings. The summed E-state index contributed by atoms with van der Waals surface area (Å²) < 4.78 is 9.87. The fourth-order valence-electron chi connectivity index (χ4n) is 4.18. The molecule has 0 spiro atoms. The number of fused-ring (bicyclic) bond motifs is 2. The third-order valence-electron chi connectivity index (χ3n) is 5.87. The van der Waals surface area contributed by atoms with Gasteiger partial charge in [-0.15, -0.1) is 0 Å². The Morgan fingerprint density at radius 2 is 1.74 bits per heavy atom. The van der Waals surface area contributed by atoms with Gasteiger partial charge in [0.15, 0.2) is 11.6 Å². The molecular formula is C28H19N5O. The maximum atomic E-state index is 10.1. The van der Waals surface area contributed by atoms with Crippen LogP contribution in [0, 0.1) is 11.3 Å². The van der Waals surface area contributed by atoms with Gasteiger partial charge in [-0.1, -0.05) is 48.5 Å². The van der Waals surface area contributed by atoms with Crippen LogP contribution < -0.4 is 0 Å². The fourth-order valence-corrected chi connectivity index (χ4v) is 4.18. The number of nitriles is 1. The second-order valence-electron chi connectivity index (χ2n) is 8.01. The van der Waals surface area contributed by atoms with Gasteiger partial charge < -0.3 is 8.98 Å². The zero-order chi connectivity index (χ0) is 23.1. The monoisotopic (exact) mass is 441 g/mol. The van der Waals surface area contributed by atoms with E-state index < -0.39 is 0 Å². The van der Waals surface area contributed by atoms with Crippen molar-refractivity contribution in [3.8, 4) is 23.2 Å². The van der Waals surface area contributed by atoms with E-state index in [2.05, 4.69) is 6.07 Å². The average Bonchev–Trinajstić information content (AvgIpc) is 3.58. The third-order valence-corrected chi connectivity index (χ3v) is 5.87. The van der Waals surface area contributed by atoms with Crippen LogP contribution in [-0.2, 0) is 7.05 Å². The van der Waals surface area contributed by atoms with Gasteiger partial charge >= 0.3 is 0 Å². The Morgan fingerprint density at radius 3 is 2.53 bits per heavy atom. The zero-order valence-corrected chi connectivity index (χ0v) is 18.4. The lowest BCUT2D eigenvalue weighted by Crippen LogP contribution is -1.96. The molecule has 0 N–H and O–H groups in total. The standard InChI is InChI=1S/C28H19N5O/c1-32-24-13-7-6-12-23(24)30-28(32)20(17-29)15-21-18-33(22-10-3-2-4-11-22)31-27(21)26-16-19-9-5-8-14-25(19)34-26/h2-16,18H,1H3/b20-15+. The van der Waals surface area contributed by atoms with E-state index in [1.807, 2.05) is 109 Å². The number of aryl methyl sites for hydroxylation is 1. The number of allylic oxidation sites excluding steroid dienone is 1. The Labute approximate surface area is 195 Å². The molecule has 0 bridgehead atoms. The van der Waals surface area contributed by atoms with Gasteiger partial charge in [-0.05, 0) is 42.5 Å². The second-order valence-corrected chi connectivity index (χ2v) is 8.01. The summed E-state index contributed by atoms with van der Waals surface area (Å²) in [4.78, 5) is 4.70. The summed E-state index contributed by atoms with van der Waals surface area (Å²) >= 11 is 0. The summed E-state index contributed by atoms with van der Waals surface area (Å²) in [6.45, 7) is 0. The lowest BCUT2D eigenvalue weighted by atomic mass is 10.1. The first-order valence-corrected chi connectivity index (χ1v) is 10.9. The van der Waals surface area contributed by atoms with E-state index in [1.165, 1.54) is 0 Å². The van der Waals surface area contributed by atoms with Gasteiger partial charge in [0.2, 0.25) is 0 Å². The summed E-state index contributed by atoms with van der Waals surface area (Å²) in [5.41, 5.74) is 5.40. The van der Waals surface area contributed by atoms with Crippen LogP contribution in [0.3, 0.4) is 0 Å². The SMILES string of the molecule is Cn1c(/C(C#N)=C/c2cn(-c3ccccc3)nc2-c2cc3ccccc3o2)nc2ccccc21. The molecule has 0 amide bonds. The van der Waals surface area contributed by atoms with Crippen molar-refractivity contribution in [2.75, 3.05) is 0 Å². The topological polar surface area (TPSA) is 72.6 Å². The Hall–Kier alpha value is -4.89. The minimum absolute atomic E-state index is 0.448. The molecule has 0 saturated heterocycles. The first-order valence-electron chi connectivity index (χ1n) is 10.9. The highest BCUT2D eigenvalue weighted by Gasteiger charge is 2.18. The summed E-state index contributed by atoms with van der Waals surface area (Å²) in [5.74, 6) is 1.25. The Bertz CT molecular complexity index is 1690. The van der Waals surface area contributed by atoms with Crippen molar-refractivity contribution in [2.45, 2.75) is 0 Å². The minimum atomic E-state index is 0.448. The molecule has 6 heteroatoms. The highest BCUT2D eigenvalue weighted by atomic mass is 16.3. The van der Waals surface area contributed by atoms with Gasteiger partial charge in [-0.3, -0.25) is 0 Å². The Balaban J connectivity index is 1.55. The van der Waals surface area contributed by atoms with E-state index in [0.717, 1.165) is 33.3 Å². The van der Waals surface area contributed by atoms with Crippen molar-refractivity contribution in [1.29, 1.82) is 5.26 Å². The number of para-hydroxylation sites is 4. The molecular weight excluding hydrogens is 422 g/mol. The molecule has 3 aromatic heterocycles. The zero-order valence-electron chi connectivity index (χ0n) is 18.4.